The molecule has 7 atom stereocenters. The summed E-state index contributed by atoms with van der Waals surface area (Å²) in [4.78, 5) is 25.0. The third kappa shape index (κ3) is 2.09. The standard InChI is InChI=1S/C24H32O4/c1-14(25)24-20(27-21(2,3)28-24)13-19-17-7-6-15-12-16(26)8-10-22(15,4)18(17)9-11-23(19,24)5/h6-7,12,17-20H,8-11,13H2,1-5H3/t17-,18+,19+,20-,22+,23+,24-/m1/s1. The second-order valence-electron chi connectivity index (χ2n) is 10.7. The molecule has 0 aromatic carbocycles. The minimum atomic E-state index is -0.834. The molecule has 28 heavy (non-hydrogen) atoms. The van der Waals surface area contributed by atoms with Crippen molar-refractivity contribution in [1.29, 1.82) is 0 Å². The van der Waals surface area contributed by atoms with Gasteiger partial charge in [0, 0.05) is 11.8 Å². The number of carbonyl (C=O) groups is 2. The van der Waals surface area contributed by atoms with Crippen LogP contribution >= 0.6 is 0 Å². The second kappa shape index (κ2) is 5.46. The third-order valence-corrected chi connectivity index (χ3v) is 9.03. The first-order valence-electron chi connectivity index (χ1n) is 10.9. The molecule has 1 saturated heterocycles. The van der Waals surface area contributed by atoms with Crippen LogP contribution in [0.5, 0.6) is 0 Å². The van der Waals surface area contributed by atoms with Crippen molar-refractivity contribution in [3.8, 4) is 0 Å². The summed E-state index contributed by atoms with van der Waals surface area (Å²) >= 11 is 0. The van der Waals surface area contributed by atoms with Crippen molar-refractivity contribution in [3.63, 3.8) is 0 Å². The van der Waals surface area contributed by atoms with Crippen LogP contribution in [0.3, 0.4) is 0 Å². The molecule has 1 heterocycles. The van der Waals surface area contributed by atoms with E-state index in [1.165, 1.54) is 5.57 Å². The number of carbonyl (C=O) groups excluding carboxylic acids is 2. The highest BCUT2D eigenvalue weighted by atomic mass is 16.8. The second-order valence-corrected chi connectivity index (χ2v) is 10.7. The number of ether oxygens (including phenoxy) is 2. The largest absolute Gasteiger partial charge is 0.344 e. The van der Waals surface area contributed by atoms with Crippen molar-refractivity contribution in [1.82, 2.24) is 0 Å². The van der Waals surface area contributed by atoms with E-state index in [4.69, 9.17) is 9.47 Å². The van der Waals surface area contributed by atoms with Crippen LogP contribution in [0.1, 0.15) is 66.7 Å². The predicted octanol–water partition coefficient (Wildman–Crippen LogP) is 4.38. The topological polar surface area (TPSA) is 52.6 Å². The van der Waals surface area contributed by atoms with Crippen LogP contribution in [0.4, 0.5) is 0 Å². The lowest BCUT2D eigenvalue weighted by atomic mass is 9.48. The summed E-state index contributed by atoms with van der Waals surface area (Å²) < 4.78 is 12.8. The van der Waals surface area contributed by atoms with Crippen molar-refractivity contribution in [2.75, 3.05) is 0 Å². The smallest absolute Gasteiger partial charge is 0.164 e. The van der Waals surface area contributed by atoms with Crippen molar-refractivity contribution >= 4 is 11.6 Å². The Hall–Kier alpha value is -1.26. The van der Waals surface area contributed by atoms with Crippen molar-refractivity contribution < 1.29 is 19.1 Å². The molecule has 0 N–H and O–H groups in total. The van der Waals surface area contributed by atoms with Gasteiger partial charge in [0.05, 0.1) is 6.10 Å². The van der Waals surface area contributed by atoms with Crippen molar-refractivity contribution in [3.05, 3.63) is 23.8 Å². The Morgan fingerprint density at radius 1 is 1.14 bits per heavy atom. The van der Waals surface area contributed by atoms with E-state index in [1.807, 2.05) is 19.9 Å². The first-order chi connectivity index (χ1) is 13.0. The van der Waals surface area contributed by atoms with Crippen LogP contribution in [0.15, 0.2) is 23.8 Å². The van der Waals surface area contributed by atoms with E-state index in [2.05, 4.69) is 26.0 Å². The van der Waals surface area contributed by atoms with Crippen LogP contribution in [0, 0.1) is 28.6 Å². The molecule has 5 rings (SSSR count). The van der Waals surface area contributed by atoms with Crippen LogP contribution in [0.2, 0.25) is 0 Å². The minimum Gasteiger partial charge on any atom is -0.344 e. The average molecular weight is 385 g/mol. The molecule has 0 radical (unpaired) electrons. The van der Waals surface area contributed by atoms with E-state index in [1.54, 1.807) is 6.92 Å². The Balaban J connectivity index is 1.58. The highest BCUT2D eigenvalue weighted by Crippen LogP contribution is 2.69. The number of rotatable bonds is 1. The monoisotopic (exact) mass is 384 g/mol. The fourth-order valence-corrected chi connectivity index (χ4v) is 7.75. The van der Waals surface area contributed by atoms with Gasteiger partial charge in [-0.05, 0) is 81.3 Å². The molecular formula is C24H32O4. The fourth-order valence-electron chi connectivity index (χ4n) is 7.75. The van der Waals surface area contributed by atoms with Gasteiger partial charge in [-0.2, -0.15) is 0 Å². The zero-order valence-electron chi connectivity index (χ0n) is 17.7. The van der Waals surface area contributed by atoms with E-state index in [0.29, 0.717) is 24.2 Å². The number of fused-ring (bicyclic) bond motifs is 7. The molecule has 0 aromatic heterocycles. The highest BCUT2D eigenvalue weighted by molar-refractivity contribution is 5.92. The minimum absolute atomic E-state index is 0.0662. The molecule has 0 amide bonds. The first-order valence-corrected chi connectivity index (χ1v) is 10.9. The van der Waals surface area contributed by atoms with Crippen molar-refractivity contribution in [2.24, 2.45) is 28.6 Å². The molecule has 0 aromatic rings. The number of hydrogen-bond donors (Lipinski definition) is 0. The predicted molar refractivity (Wildman–Crippen MR) is 105 cm³/mol. The molecule has 0 spiro atoms. The van der Waals surface area contributed by atoms with Crippen LogP contribution < -0.4 is 0 Å². The van der Waals surface area contributed by atoms with Gasteiger partial charge in [-0.15, -0.1) is 0 Å². The van der Waals surface area contributed by atoms with Gasteiger partial charge in [0.1, 0.15) is 0 Å². The van der Waals surface area contributed by atoms with E-state index in [-0.39, 0.29) is 28.5 Å². The molecule has 0 bridgehead atoms. The first kappa shape index (κ1) is 18.7. The maximum Gasteiger partial charge on any atom is 0.164 e. The lowest BCUT2D eigenvalue weighted by molar-refractivity contribution is -0.210. The summed E-state index contributed by atoms with van der Waals surface area (Å²) in [7, 11) is 0. The van der Waals surface area contributed by atoms with Gasteiger partial charge in [0.2, 0.25) is 0 Å². The molecule has 2 saturated carbocycles. The maximum atomic E-state index is 13.0. The Morgan fingerprint density at radius 2 is 1.89 bits per heavy atom. The summed E-state index contributed by atoms with van der Waals surface area (Å²) in [6.07, 6.45) is 10.7. The Morgan fingerprint density at radius 3 is 2.61 bits per heavy atom. The average Bonchev–Trinajstić information content (AvgIpc) is 3.02. The SMILES string of the molecule is CC(=O)[C@@]12OC(C)(C)O[C@@H]1C[C@H]1[C@@H]3C=CC4=CC(=O)CC[C@]4(C)[C@H]3CC[C@@]12C. The van der Waals surface area contributed by atoms with Gasteiger partial charge in [0.25, 0.3) is 0 Å². The number of hydrogen-bond acceptors (Lipinski definition) is 4. The Labute approximate surface area is 167 Å². The summed E-state index contributed by atoms with van der Waals surface area (Å²) in [5.74, 6) is 0.947. The van der Waals surface area contributed by atoms with Gasteiger partial charge in [-0.3, -0.25) is 9.59 Å². The van der Waals surface area contributed by atoms with Crippen LogP contribution in [-0.2, 0) is 19.1 Å². The molecule has 5 aliphatic rings. The van der Waals surface area contributed by atoms with Crippen LogP contribution in [0.25, 0.3) is 0 Å². The van der Waals surface area contributed by atoms with E-state index in [9.17, 15) is 9.59 Å². The summed E-state index contributed by atoms with van der Waals surface area (Å²) in [6.45, 7) is 10.2. The van der Waals surface area contributed by atoms with Crippen LogP contribution in [-0.4, -0.2) is 29.1 Å². The number of Topliss-reactive ketones (excluding diaryl/α,β-unsaturated/α-hetero) is 1. The molecule has 4 nitrogen and oxygen atoms in total. The van der Waals surface area contributed by atoms with Crippen molar-refractivity contribution in [2.45, 2.75) is 84.2 Å². The lowest BCUT2D eigenvalue weighted by Gasteiger charge is -2.57. The quantitative estimate of drug-likeness (QED) is 0.673. The zero-order chi connectivity index (χ0) is 20.1. The Kier molecular flexibility index (Phi) is 3.65. The summed E-state index contributed by atoms with van der Waals surface area (Å²) in [5, 5.41) is 0. The normalized spacial score (nSPS) is 51.0. The van der Waals surface area contributed by atoms with E-state index in [0.717, 1.165) is 25.7 Å². The van der Waals surface area contributed by atoms with E-state index >= 15 is 0 Å². The molecule has 4 heteroatoms. The molecule has 3 fully saturated rings. The summed E-state index contributed by atoms with van der Waals surface area (Å²) in [6, 6.07) is 0. The zero-order valence-corrected chi connectivity index (χ0v) is 17.7. The molecule has 1 aliphatic heterocycles. The molecule has 0 unspecified atom stereocenters. The lowest BCUT2D eigenvalue weighted by Crippen LogP contribution is -2.59. The maximum absolute atomic E-state index is 13.0. The number of ketones is 2. The van der Waals surface area contributed by atoms with Gasteiger partial charge in [-0.25, -0.2) is 0 Å². The summed E-state index contributed by atoms with van der Waals surface area (Å²) in [5.41, 5.74) is 0.225. The molecule has 152 valence electrons. The third-order valence-electron chi connectivity index (χ3n) is 9.03. The van der Waals surface area contributed by atoms with Gasteiger partial charge in [0.15, 0.2) is 23.0 Å². The number of allylic oxidation sites excluding steroid dienone is 4. The fraction of sp³-hybridized carbons (Fsp3) is 0.750. The Bertz CT molecular complexity index is 822. The van der Waals surface area contributed by atoms with Gasteiger partial charge >= 0.3 is 0 Å². The molecule has 4 aliphatic carbocycles. The van der Waals surface area contributed by atoms with E-state index < -0.39 is 11.4 Å². The molecular weight excluding hydrogens is 352 g/mol. The highest BCUT2D eigenvalue weighted by Gasteiger charge is 2.74. The van der Waals surface area contributed by atoms with Gasteiger partial charge in [-0.1, -0.05) is 26.0 Å². The van der Waals surface area contributed by atoms with Gasteiger partial charge < -0.3 is 9.47 Å².